The highest BCUT2D eigenvalue weighted by Gasteiger charge is 2.35. The van der Waals surface area contributed by atoms with Crippen LogP contribution in [0.1, 0.15) is 431 Å². The fraction of sp³-hybridized carbons (Fsp3) is 0.935. The Hall–Kier alpha value is -4.12. The number of nitrogens with zero attached hydrogens (tertiary/aromatic N) is 8. The van der Waals surface area contributed by atoms with Gasteiger partial charge in [0.05, 0.1) is 81.8 Å². The second kappa shape index (κ2) is 78.1. The normalized spacial score (nSPS) is 15.6. The van der Waals surface area contributed by atoms with Crippen molar-refractivity contribution < 1.29 is 71.4 Å². The Bertz CT molecular complexity index is 3280. The number of carbonyl (C=O) groups excluding carboxylic acids is 6. The van der Waals surface area contributed by atoms with E-state index in [0.717, 1.165) is 157 Å². The van der Waals surface area contributed by atoms with E-state index in [2.05, 4.69) is 309 Å². The topological polar surface area (TPSA) is 263 Å². The molecule has 4 heterocycles. The fourth-order valence-electron chi connectivity index (χ4n) is 11.8. The van der Waals surface area contributed by atoms with Crippen molar-refractivity contribution in [3.05, 3.63) is 12.2 Å². The van der Waals surface area contributed by atoms with Crippen molar-refractivity contribution in [3.8, 4) is 0 Å². The highest BCUT2D eigenvalue weighted by atomic mass is 16.7. The zero-order chi connectivity index (χ0) is 119. The first-order valence-electron chi connectivity index (χ1n) is 56.6. The van der Waals surface area contributed by atoms with E-state index in [1.54, 1.807) is 41.5 Å². The van der Waals surface area contributed by atoms with Crippen LogP contribution in [0.4, 0.5) is 4.79 Å². The number of morpholine rings is 2. The van der Waals surface area contributed by atoms with E-state index in [9.17, 15) is 28.8 Å². The van der Waals surface area contributed by atoms with E-state index in [1.165, 1.54) is 51.7 Å². The van der Waals surface area contributed by atoms with Gasteiger partial charge < -0.3 is 83.5 Å². The van der Waals surface area contributed by atoms with Gasteiger partial charge in [0.25, 0.3) is 0 Å². The second-order valence-electron chi connectivity index (χ2n) is 59.9. The number of piperazine rings is 2. The number of rotatable bonds is 28. The number of carbonyl (C=O) groups is 6. The summed E-state index contributed by atoms with van der Waals surface area (Å²) in [6, 6.07) is 0. The SMILES string of the molecule is CC.CC(C)(C)C/C=C\COC(=O)C(C)(C)C.CC(C)(C)CCN1CCOCC1.CC(C)(C)CCOC(=O)C(C)(C)N.CC(C)(C)CN1CCOCC1.CC(C)(C)COC(=O)C(C)(C)N.CC(C)OC(=O)OCC(C)(C)C.CCC(C)(C)C.CCCC(C)(C)C.CN(C)CC(C)(C)C.CN(C)CCC(C)(C)C.CN1CCN(CCC(C)(C)C(=O)OCC(C)(C)C)CC1.CN1CCN(CCC(C)(C)C(=O)OCCC(C)(C)C)CC1. The molecule has 25 heteroatoms. The number of allylic oxidation sites excluding steroid dienone is 1. The highest BCUT2D eigenvalue weighted by Crippen LogP contribution is 2.30. The molecular weight excluding hydrogens is 1860 g/mol. The Morgan fingerprint density at radius 3 is 0.885 bits per heavy atom. The van der Waals surface area contributed by atoms with Crippen LogP contribution in [-0.2, 0) is 66.6 Å². The third-order valence-electron chi connectivity index (χ3n) is 21.9. The van der Waals surface area contributed by atoms with Crippen LogP contribution in [0.5, 0.6) is 0 Å². The van der Waals surface area contributed by atoms with E-state index in [1.807, 2.05) is 110 Å². The van der Waals surface area contributed by atoms with E-state index in [4.69, 9.17) is 54.1 Å². The average Bonchev–Trinajstić information content (AvgIpc) is 0.860. The summed E-state index contributed by atoms with van der Waals surface area (Å²) in [7, 11) is 12.8. The minimum absolute atomic E-state index is 0.000903. The zero-order valence-corrected chi connectivity index (χ0v) is 110. The summed E-state index contributed by atoms with van der Waals surface area (Å²) in [5, 5.41) is 0. The summed E-state index contributed by atoms with van der Waals surface area (Å²) in [4.78, 5) is 88.0. The fourth-order valence-corrected chi connectivity index (χ4v) is 11.8. The standard InChI is InChI=1S/C17H34N2O2.C16H32N2O2.C13H24O2.C10H21NO2.C10H21NO.C9H19NO2.C9H19NO.C9H18O3.C8H19N.C7H17N.C7H16.C6H14.C2H6/c1-16(2,3)8-14-21-15(20)17(4,5)7-9-19-12-10-18(6)11-13-19;1-15(2,3)13-20-14(19)16(4,5)7-8-18-11-9-17(6)10-12-18;1-12(2,3)9-7-8-10-15-11(14)13(4,5)6;1-9(2,3)6-7-13-8(12)10(4,5)11;1-10(2,3)4-5-11-6-8-12-9-7-11;1-8(2,3)6-12-7(11)9(4,5)10;1-9(2,3)8-10-4-6-11-7-5-10;1-7(2)12-8(10)11-6-9(3,4)5;1-8(2,3)6-7-9(4)5;1-7(2,3)6-8(4)5;1-5-6-7(2,3)4;1-5-6(2,3)4;1-2/h7-14H2,1-6H3;7-13H2,1-6H3;7-8H,9-10H2,1-6H3;6-7,11H2,1-5H3;4-9H2,1-3H3;6,10H2,1-5H3;4-8H2,1-3H3;7H,6H2,1-5H3;6-7H2,1-5H3;6H2,1-5H3;5-6H2,1-4H3;5H2,1-4H3;1-2H3/b;;8-7-;;;;;;;;;;. The molecule has 4 rings (SSSR count). The van der Waals surface area contributed by atoms with Crippen LogP contribution in [0.3, 0.4) is 0 Å². The monoisotopic (exact) mass is 2120 g/mol. The van der Waals surface area contributed by atoms with Crippen molar-refractivity contribution in [1.82, 2.24) is 39.2 Å². The Labute approximate surface area is 920 Å². The zero-order valence-electron chi connectivity index (χ0n) is 110. The molecule has 0 amide bonds. The number of hydrogen-bond acceptors (Lipinski definition) is 25. The summed E-state index contributed by atoms with van der Waals surface area (Å²) in [5.74, 6) is -0.959. The maximum Gasteiger partial charge on any atom is 0.508 e. The molecule has 4 aliphatic heterocycles. The molecule has 148 heavy (non-hydrogen) atoms. The van der Waals surface area contributed by atoms with Gasteiger partial charge in [-0.15, -0.1) is 0 Å². The lowest BCUT2D eigenvalue weighted by atomic mass is 9.89. The molecule has 892 valence electrons. The molecule has 4 saturated heterocycles. The first kappa shape index (κ1) is 161. The Balaban J connectivity index is -0.000000206. The molecule has 4 aliphatic rings. The number of nitrogens with two attached hydrogens (primary N) is 2. The molecule has 0 aromatic rings. The summed E-state index contributed by atoms with van der Waals surface area (Å²) in [6.45, 7) is 137. The van der Waals surface area contributed by atoms with Crippen LogP contribution < -0.4 is 11.5 Å². The molecule has 0 bridgehead atoms. The molecule has 4 fully saturated rings. The van der Waals surface area contributed by atoms with E-state index >= 15 is 0 Å². The van der Waals surface area contributed by atoms with E-state index in [-0.39, 0.29) is 68.4 Å². The molecule has 0 aliphatic carbocycles. The van der Waals surface area contributed by atoms with Gasteiger partial charge in [0.1, 0.15) is 17.7 Å². The smallest absolute Gasteiger partial charge is 0.465 e. The lowest BCUT2D eigenvalue weighted by Crippen LogP contribution is -2.45. The molecule has 25 nitrogen and oxygen atoms in total. The minimum atomic E-state index is -0.884. The van der Waals surface area contributed by atoms with Gasteiger partial charge in [-0.2, -0.15) is 0 Å². The number of ether oxygens (including phenoxy) is 9. The molecule has 0 atom stereocenters. The van der Waals surface area contributed by atoms with E-state index < -0.39 is 28.1 Å². The van der Waals surface area contributed by atoms with Crippen LogP contribution in [-0.4, -0.2) is 319 Å². The van der Waals surface area contributed by atoms with Crippen LogP contribution in [0, 0.1) is 81.2 Å². The van der Waals surface area contributed by atoms with Gasteiger partial charge in [0.15, 0.2) is 0 Å². The molecule has 0 aromatic carbocycles. The lowest BCUT2D eigenvalue weighted by Gasteiger charge is -2.34. The first-order valence-corrected chi connectivity index (χ1v) is 56.6. The van der Waals surface area contributed by atoms with Crippen LogP contribution in [0.2, 0.25) is 0 Å². The maximum atomic E-state index is 12.2. The Kier molecular flexibility index (Phi) is 85.2. The summed E-state index contributed by atoms with van der Waals surface area (Å²) >= 11 is 0. The Morgan fingerprint density at radius 2 is 0.628 bits per heavy atom. The van der Waals surface area contributed by atoms with Gasteiger partial charge in [-0.05, 0) is 275 Å². The van der Waals surface area contributed by atoms with Crippen LogP contribution >= 0.6 is 0 Å². The van der Waals surface area contributed by atoms with Crippen molar-refractivity contribution in [2.75, 3.05) is 226 Å². The van der Waals surface area contributed by atoms with Gasteiger partial charge in [0.2, 0.25) is 0 Å². The molecule has 4 N–H and O–H groups in total. The Morgan fingerprint density at radius 1 is 0.324 bits per heavy atom. The minimum Gasteiger partial charge on any atom is -0.465 e. The van der Waals surface area contributed by atoms with Crippen molar-refractivity contribution in [1.29, 1.82) is 0 Å². The highest BCUT2D eigenvalue weighted by molar-refractivity contribution is 5.80. The largest absolute Gasteiger partial charge is 0.508 e. The van der Waals surface area contributed by atoms with Crippen molar-refractivity contribution in [2.24, 2.45) is 92.7 Å². The third-order valence-corrected chi connectivity index (χ3v) is 21.9. The molecule has 0 radical (unpaired) electrons. The molecule has 0 aromatic heterocycles. The maximum absolute atomic E-state index is 12.2. The van der Waals surface area contributed by atoms with Gasteiger partial charge >= 0.3 is 36.0 Å². The molecule has 0 unspecified atom stereocenters. The summed E-state index contributed by atoms with van der Waals surface area (Å²) in [5.41, 5.74) is 11.8. The predicted octanol–water partition coefficient (Wildman–Crippen LogP) is 27.0. The number of hydrogen-bond donors (Lipinski definition) is 2. The van der Waals surface area contributed by atoms with Gasteiger partial charge in [-0.1, -0.05) is 302 Å². The molecular formula is C123H260N10O15. The number of likely N-dealkylation sites (N-methyl/N-ethyl adjacent to an activating group) is 2. The second-order valence-corrected chi connectivity index (χ2v) is 59.9. The average molecular weight is 2120 g/mol. The van der Waals surface area contributed by atoms with E-state index in [0.29, 0.717) is 77.5 Å². The van der Waals surface area contributed by atoms with Gasteiger partial charge in [-0.3, -0.25) is 33.8 Å². The van der Waals surface area contributed by atoms with Gasteiger partial charge in [0, 0.05) is 91.6 Å². The quantitative estimate of drug-likeness (QED) is 0.0419. The van der Waals surface area contributed by atoms with Crippen molar-refractivity contribution in [2.45, 2.75) is 448 Å². The lowest BCUT2D eigenvalue weighted by molar-refractivity contribution is -0.157. The molecule has 0 spiro atoms. The number of esters is 5. The third kappa shape index (κ3) is 129. The molecule has 0 saturated carbocycles. The first-order chi connectivity index (χ1) is 66.0. The van der Waals surface area contributed by atoms with Crippen LogP contribution in [0.15, 0.2) is 12.2 Å². The van der Waals surface area contributed by atoms with Crippen molar-refractivity contribution in [3.63, 3.8) is 0 Å². The van der Waals surface area contributed by atoms with Crippen molar-refractivity contribution >= 4 is 36.0 Å². The summed E-state index contributed by atoms with van der Waals surface area (Å²) in [6.07, 6.45) is 14.3. The predicted molar refractivity (Wildman–Crippen MR) is 637 cm³/mol. The van der Waals surface area contributed by atoms with Crippen LogP contribution in [0.25, 0.3) is 0 Å². The van der Waals surface area contributed by atoms with Gasteiger partial charge in [-0.25, -0.2) is 4.79 Å². The summed E-state index contributed by atoms with van der Waals surface area (Å²) < 4.78 is 46.3.